The van der Waals surface area contributed by atoms with Crippen molar-refractivity contribution in [1.82, 2.24) is 9.88 Å². The molecule has 2 amide bonds. The Morgan fingerprint density at radius 2 is 2.00 bits per heavy atom. The number of anilines is 1. The maximum absolute atomic E-state index is 12.8. The predicted molar refractivity (Wildman–Crippen MR) is 110 cm³/mol. The summed E-state index contributed by atoms with van der Waals surface area (Å²) in [7, 11) is 1.60. The minimum atomic E-state index is -0.256. The van der Waals surface area contributed by atoms with E-state index in [0.29, 0.717) is 31.3 Å². The van der Waals surface area contributed by atoms with Crippen LogP contribution in [-0.2, 0) is 20.7 Å². The number of methoxy groups -OCH3 is 1. The van der Waals surface area contributed by atoms with Gasteiger partial charge in [0, 0.05) is 25.1 Å². The van der Waals surface area contributed by atoms with Crippen molar-refractivity contribution in [2.24, 2.45) is 0 Å². The summed E-state index contributed by atoms with van der Waals surface area (Å²) in [6, 6.07) is 7.35. The second kappa shape index (κ2) is 11.4. The number of nitrogens with zero attached hydrogens (tertiary/aromatic N) is 2. The molecule has 0 atom stereocenters. The molecule has 0 saturated carbocycles. The molecule has 0 bridgehead atoms. The molecule has 7 nitrogen and oxygen atoms in total. The average Bonchev–Trinajstić information content (AvgIpc) is 3.09. The van der Waals surface area contributed by atoms with Crippen molar-refractivity contribution in [1.29, 1.82) is 0 Å². The Hall–Kier alpha value is -2.45. The summed E-state index contributed by atoms with van der Waals surface area (Å²) in [4.78, 5) is 31.0. The van der Waals surface area contributed by atoms with Gasteiger partial charge in [-0.25, -0.2) is 4.98 Å². The first-order valence-corrected chi connectivity index (χ1v) is 10.1. The summed E-state index contributed by atoms with van der Waals surface area (Å²) >= 11 is 1.37. The van der Waals surface area contributed by atoms with E-state index in [1.54, 1.807) is 12.0 Å². The van der Waals surface area contributed by atoms with Crippen LogP contribution < -0.4 is 10.1 Å². The molecule has 0 saturated heterocycles. The number of hydrogen-bond donors (Lipinski definition) is 1. The number of rotatable bonds is 11. The topological polar surface area (TPSA) is 80.8 Å². The molecule has 0 aliphatic rings. The van der Waals surface area contributed by atoms with Crippen LogP contribution in [0.5, 0.6) is 5.75 Å². The van der Waals surface area contributed by atoms with Crippen molar-refractivity contribution in [3.63, 3.8) is 0 Å². The first kappa shape index (κ1) is 21.8. The third-order valence-electron chi connectivity index (χ3n) is 3.99. The van der Waals surface area contributed by atoms with Gasteiger partial charge in [-0.15, -0.1) is 11.3 Å². The van der Waals surface area contributed by atoms with Crippen molar-refractivity contribution in [3.05, 3.63) is 40.9 Å². The lowest BCUT2D eigenvalue weighted by Gasteiger charge is -2.22. The van der Waals surface area contributed by atoms with Crippen LogP contribution in [0.2, 0.25) is 0 Å². The van der Waals surface area contributed by atoms with E-state index in [4.69, 9.17) is 9.47 Å². The van der Waals surface area contributed by atoms with Gasteiger partial charge >= 0.3 is 0 Å². The predicted octanol–water partition coefficient (Wildman–Crippen LogP) is 2.90. The zero-order chi connectivity index (χ0) is 20.4. The summed E-state index contributed by atoms with van der Waals surface area (Å²) in [5.74, 6) is 0.379. The molecule has 28 heavy (non-hydrogen) atoms. The van der Waals surface area contributed by atoms with E-state index in [2.05, 4.69) is 10.3 Å². The molecule has 1 N–H and O–H groups in total. The van der Waals surface area contributed by atoms with Crippen molar-refractivity contribution in [2.75, 3.05) is 38.7 Å². The number of benzene rings is 1. The van der Waals surface area contributed by atoms with Crippen LogP contribution in [-0.4, -0.2) is 55.1 Å². The van der Waals surface area contributed by atoms with Gasteiger partial charge in [0.2, 0.25) is 11.8 Å². The summed E-state index contributed by atoms with van der Waals surface area (Å²) in [6.07, 6.45) is 0.897. The zero-order valence-electron chi connectivity index (χ0n) is 16.6. The van der Waals surface area contributed by atoms with Crippen LogP contribution in [0.4, 0.5) is 5.13 Å². The van der Waals surface area contributed by atoms with E-state index in [1.165, 1.54) is 11.3 Å². The molecule has 0 radical (unpaired) electrons. The van der Waals surface area contributed by atoms with Gasteiger partial charge in [-0.1, -0.05) is 12.1 Å². The summed E-state index contributed by atoms with van der Waals surface area (Å²) in [5, 5.41) is 5.16. The van der Waals surface area contributed by atoms with Crippen molar-refractivity contribution in [2.45, 2.75) is 26.7 Å². The van der Waals surface area contributed by atoms with Gasteiger partial charge in [0.05, 0.1) is 25.8 Å². The number of ether oxygens (including phenoxy) is 2. The molecule has 0 aliphatic heterocycles. The number of amides is 2. The van der Waals surface area contributed by atoms with Gasteiger partial charge in [-0.05, 0) is 38.0 Å². The first-order chi connectivity index (χ1) is 13.5. The van der Waals surface area contributed by atoms with E-state index in [9.17, 15) is 9.59 Å². The number of carbonyl (C=O) groups excluding carboxylic acids is 2. The second-order valence-corrected chi connectivity index (χ2v) is 7.09. The monoisotopic (exact) mass is 405 g/mol. The standard InChI is InChI=1S/C20H27N3O4S/c1-4-27-11-5-10-23(13-18(24)22-20-21-15(2)14-28-20)19(25)12-16-6-8-17(26-3)9-7-16/h6-9,14H,4-5,10-13H2,1-3H3,(H,21,22,24). The highest BCUT2D eigenvalue weighted by molar-refractivity contribution is 7.13. The van der Waals surface area contributed by atoms with Gasteiger partial charge in [-0.3, -0.25) is 9.59 Å². The minimum Gasteiger partial charge on any atom is -0.497 e. The average molecular weight is 406 g/mol. The number of aromatic nitrogens is 1. The molecule has 0 aliphatic carbocycles. The number of thiazole rings is 1. The quantitative estimate of drug-likeness (QED) is 0.582. The summed E-state index contributed by atoms with van der Waals surface area (Å²) in [6.45, 7) is 5.42. The Kier molecular flexibility index (Phi) is 8.90. The van der Waals surface area contributed by atoms with Crippen LogP contribution in [0.3, 0.4) is 0 Å². The molecule has 1 aromatic heterocycles. The maximum Gasteiger partial charge on any atom is 0.245 e. The van der Waals surface area contributed by atoms with Crippen LogP contribution >= 0.6 is 11.3 Å². The van der Waals surface area contributed by atoms with E-state index in [-0.39, 0.29) is 24.8 Å². The lowest BCUT2D eigenvalue weighted by molar-refractivity contribution is -0.134. The lowest BCUT2D eigenvalue weighted by atomic mass is 10.1. The molecular weight excluding hydrogens is 378 g/mol. The molecule has 1 heterocycles. The van der Waals surface area contributed by atoms with Crippen LogP contribution in [0.15, 0.2) is 29.6 Å². The Morgan fingerprint density at radius 3 is 2.61 bits per heavy atom. The summed E-state index contributed by atoms with van der Waals surface area (Å²) < 4.78 is 10.5. The SMILES string of the molecule is CCOCCCN(CC(=O)Nc1nc(C)cs1)C(=O)Cc1ccc(OC)cc1. The highest BCUT2D eigenvalue weighted by atomic mass is 32.1. The molecule has 152 valence electrons. The largest absolute Gasteiger partial charge is 0.497 e. The highest BCUT2D eigenvalue weighted by Gasteiger charge is 2.18. The fourth-order valence-corrected chi connectivity index (χ4v) is 3.27. The Labute approximate surface area is 169 Å². The van der Waals surface area contributed by atoms with Crippen molar-refractivity contribution >= 4 is 28.3 Å². The summed E-state index contributed by atoms with van der Waals surface area (Å²) in [5.41, 5.74) is 1.72. The number of carbonyl (C=O) groups is 2. The molecule has 8 heteroatoms. The van der Waals surface area contributed by atoms with Gasteiger partial charge in [0.25, 0.3) is 0 Å². The molecule has 2 aromatic rings. The molecular formula is C20H27N3O4S. The van der Waals surface area contributed by atoms with E-state index in [1.807, 2.05) is 43.5 Å². The second-order valence-electron chi connectivity index (χ2n) is 6.23. The molecule has 0 fully saturated rings. The molecule has 2 rings (SSSR count). The van der Waals surface area contributed by atoms with Gasteiger partial charge < -0.3 is 19.7 Å². The third kappa shape index (κ3) is 7.28. The van der Waals surface area contributed by atoms with Crippen LogP contribution in [0, 0.1) is 6.92 Å². The Balaban J connectivity index is 1.97. The van der Waals surface area contributed by atoms with E-state index >= 15 is 0 Å². The smallest absolute Gasteiger partial charge is 0.245 e. The highest BCUT2D eigenvalue weighted by Crippen LogP contribution is 2.15. The van der Waals surface area contributed by atoms with E-state index < -0.39 is 0 Å². The maximum atomic E-state index is 12.8. The fraction of sp³-hybridized carbons (Fsp3) is 0.450. The van der Waals surface area contributed by atoms with Crippen LogP contribution in [0.1, 0.15) is 24.6 Å². The molecule has 0 spiro atoms. The fourth-order valence-electron chi connectivity index (χ4n) is 2.57. The van der Waals surface area contributed by atoms with Gasteiger partial charge in [0.1, 0.15) is 5.75 Å². The molecule has 1 aromatic carbocycles. The zero-order valence-corrected chi connectivity index (χ0v) is 17.4. The third-order valence-corrected chi connectivity index (χ3v) is 4.86. The first-order valence-electron chi connectivity index (χ1n) is 9.22. The normalized spacial score (nSPS) is 10.5. The van der Waals surface area contributed by atoms with Gasteiger partial charge in [0.15, 0.2) is 5.13 Å². The van der Waals surface area contributed by atoms with E-state index in [0.717, 1.165) is 17.0 Å². The minimum absolute atomic E-state index is 0.0141. The Morgan fingerprint density at radius 1 is 1.25 bits per heavy atom. The van der Waals surface area contributed by atoms with Crippen molar-refractivity contribution < 1.29 is 19.1 Å². The van der Waals surface area contributed by atoms with Gasteiger partial charge in [-0.2, -0.15) is 0 Å². The number of aryl methyl sites for hydroxylation is 1. The van der Waals surface area contributed by atoms with Crippen molar-refractivity contribution in [3.8, 4) is 5.75 Å². The number of hydrogen-bond acceptors (Lipinski definition) is 6. The lowest BCUT2D eigenvalue weighted by Crippen LogP contribution is -2.39. The number of nitrogens with one attached hydrogen (secondary N) is 1. The molecule has 0 unspecified atom stereocenters. The van der Waals surface area contributed by atoms with Crippen LogP contribution in [0.25, 0.3) is 0 Å². The Bertz CT molecular complexity index is 761.